The summed E-state index contributed by atoms with van der Waals surface area (Å²) >= 11 is 0. The highest BCUT2D eigenvalue weighted by atomic mass is 32.2. The van der Waals surface area contributed by atoms with Crippen molar-refractivity contribution in [3.8, 4) is 0 Å². The number of aryl methyl sites for hydroxylation is 1. The number of hydrogen-bond acceptors (Lipinski definition) is 11. The maximum Gasteiger partial charge on any atom is 0.320 e. The van der Waals surface area contributed by atoms with Gasteiger partial charge in [0.2, 0.25) is 0 Å². The second kappa shape index (κ2) is 12.3. The van der Waals surface area contributed by atoms with Crippen molar-refractivity contribution in [2.75, 3.05) is 23.5 Å². The Morgan fingerprint density at radius 1 is 1.18 bits per heavy atom. The zero-order chi connectivity index (χ0) is 28.2. The fourth-order valence-corrected chi connectivity index (χ4v) is 5.82. The van der Waals surface area contributed by atoms with Crippen LogP contribution in [0.15, 0.2) is 41.8 Å². The van der Waals surface area contributed by atoms with E-state index in [1.54, 1.807) is 12.1 Å². The van der Waals surface area contributed by atoms with Gasteiger partial charge in [0.25, 0.3) is 10.1 Å². The van der Waals surface area contributed by atoms with Gasteiger partial charge < -0.3 is 31.5 Å². The lowest BCUT2D eigenvalue weighted by Crippen LogP contribution is -2.37. The van der Waals surface area contributed by atoms with E-state index in [0.29, 0.717) is 29.1 Å². The predicted octanol–water partition coefficient (Wildman–Crippen LogP) is -0.680. The number of imidazole rings is 1. The minimum Gasteiger partial charge on any atom is -0.480 e. The zero-order valence-electron chi connectivity index (χ0n) is 20.7. The van der Waals surface area contributed by atoms with Crippen LogP contribution in [0.4, 0.5) is 5.82 Å². The number of anilines is 1. The van der Waals surface area contributed by atoms with E-state index in [-0.39, 0.29) is 21.6 Å². The van der Waals surface area contributed by atoms with Gasteiger partial charge in [0, 0.05) is 6.42 Å². The largest absolute Gasteiger partial charge is 0.480 e. The second-order valence-corrected chi connectivity index (χ2v) is 12.5. The number of ether oxygens (including phenoxy) is 1. The van der Waals surface area contributed by atoms with E-state index in [2.05, 4.69) is 15.0 Å². The number of benzene rings is 1. The molecule has 2 aromatic heterocycles. The third-order valence-electron chi connectivity index (χ3n) is 5.86. The van der Waals surface area contributed by atoms with Gasteiger partial charge >= 0.3 is 5.97 Å². The third kappa shape index (κ3) is 7.16. The molecule has 0 radical (unpaired) electrons. The number of aliphatic hydroxyl groups is 2. The molecular formula is C22H31N6O8S2+. The van der Waals surface area contributed by atoms with Crippen molar-refractivity contribution in [1.29, 1.82) is 0 Å². The summed E-state index contributed by atoms with van der Waals surface area (Å²) < 4.78 is 37.0. The first kappa shape index (κ1) is 29.7. The molecule has 0 spiro atoms. The van der Waals surface area contributed by atoms with Crippen molar-refractivity contribution in [3.63, 3.8) is 0 Å². The number of nitrogens with zero attached hydrogens (tertiary/aromatic N) is 4. The highest BCUT2D eigenvalue weighted by Gasteiger charge is 2.46. The molecule has 4 rings (SSSR count). The van der Waals surface area contributed by atoms with E-state index in [1.807, 2.05) is 13.2 Å². The lowest BCUT2D eigenvalue weighted by atomic mass is 10.1. The number of rotatable bonds is 8. The summed E-state index contributed by atoms with van der Waals surface area (Å²) in [6.07, 6.45) is 1.31. The van der Waals surface area contributed by atoms with E-state index < -0.39 is 46.7 Å². The minimum atomic E-state index is -4.02. The number of carboxylic acid groups (broad SMARTS) is 1. The Morgan fingerprint density at radius 2 is 1.84 bits per heavy atom. The SMILES string of the molecule is C[S+](CC[C@H](N)C(=O)O)C[C@H]1O[C@@H](n2cnc3c(N)ncnc32)[C@H](O)[C@@H]1O.Cc1ccc(S(=O)(=O)O)cc1. The standard InChI is InChI=1S/C15H22N6O5S.C7H8O3S/c1-27(3-2-7(16)15(24)25)4-8-10(22)11(23)14(26-8)21-6-20-9-12(17)18-5-19-13(9)21;1-6-2-4-7(5-3-6)11(8,9)10/h5-8,10-11,14,22-23H,2-4,16H2,1H3,(H2-,17,18,19,24,25);2-5H,1H3,(H,8,9,10)/p+1/t7-,8+,10+,11+,14+,27?;/m0./s1. The number of nitrogens with two attached hydrogens (primary N) is 2. The van der Waals surface area contributed by atoms with E-state index in [0.717, 1.165) is 5.56 Å². The van der Waals surface area contributed by atoms with Crippen LogP contribution >= 0.6 is 0 Å². The van der Waals surface area contributed by atoms with Crippen LogP contribution in [0.25, 0.3) is 11.2 Å². The number of carboxylic acids is 1. The van der Waals surface area contributed by atoms with E-state index in [4.69, 9.17) is 25.9 Å². The minimum absolute atomic E-state index is 0.0666. The Bertz CT molecular complexity index is 1350. The topological polar surface area (TPSA) is 237 Å². The smallest absolute Gasteiger partial charge is 0.320 e. The Labute approximate surface area is 221 Å². The number of aliphatic hydroxyl groups excluding tert-OH is 2. The Morgan fingerprint density at radius 3 is 2.45 bits per heavy atom. The van der Waals surface area contributed by atoms with Crippen molar-refractivity contribution < 1.29 is 37.8 Å². The summed E-state index contributed by atoms with van der Waals surface area (Å²) in [5.41, 5.74) is 13.1. The van der Waals surface area contributed by atoms with Gasteiger partial charge in [-0.2, -0.15) is 8.42 Å². The first-order chi connectivity index (χ1) is 17.8. The first-order valence-corrected chi connectivity index (χ1v) is 14.8. The number of carbonyl (C=O) groups is 1. The second-order valence-electron chi connectivity index (χ2n) is 8.80. The zero-order valence-corrected chi connectivity index (χ0v) is 22.3. The van der Waals surface area contributed by atoms with Gasteiger partial charge in [0.1, 0.15) is 47.7 Å². The Kier molecular flexibility index (Phi) is 9.64. The van der Waals surface area contributed by atoms with Crippen LogP contribution in [-0.4, -0.2) is 95.9 Å². The van der Waals surface area contributed by atoms with Gasteiger partial charge in [-0.3, -0.25) is 13.9 Å². The van der Waals surface area contributed by atoms with Crippen LogP contribution in [0.2, 0.25) is 0 Å². The van der Waals surface area contributed by atoms with Gasteiger partial charge in [-0.25, -0.2) is 15.0 Å². The number of hydrogen-bond donors (Lipinski definition) is 6. The van der Waals surface area contributed by atoms with Crippen LogP contribution in [0.1, 0.15) is 18.2 Å². The van der Waals surface area contributed by atoms with Crippen LogP contribution < -0.4 is 11.5 Å². The van der Waals surface area contributed by atoms with Crippen LogP contribution in [0.3, 0.4) is 0 Å². The summed E-state index contributed by atoms with van der Waals surface area (Å²) in [5.74, 6) is 0.254. The van der Waals surface area contributed by atoms with Crippen molar-refractivity contribution in [2.45, 2.75) is 48.8 Å². The molecule has 14 nitrogen and oxygen atoms in total. The van der Waals surface area contributed by atoms with Gasteiger partial charge in [-0.15, -0.1) is 0 Å². The number of aromatic nitrogens is 4. The monoisotopic (exact) mass is 571 g/mol. The van der Waals surface area contributed by atoms with E-state index >= 15 is 0 Å². The molecule has 208 valence electrons. The maximum absolute atomic E-state index is 10.8. The molecular weight excluding hydrogens is 540 g/mol. The molecule has 1 aromatic carbocycles. The van der Waals surface area contributed by atoms with Crippen LogP contribution in [0, 0.1) is 6.92 Å². The van der Waals surface area contributed by atoms with Crippen molar-refractivity contribution in [3.05, 3.63) is 42.5 Å². The quantitative estimate of drug-likeness (QED) is 0.145. The molecule has 0 aliphatic carbocycles. The normalized spacial score (nSPS) is 23.0. The first-order valence-electron chi connectivity index (χ1n) is 11.4. The molecule has 38 heavy (non-hydrogen) atoms. The molecule has 6 atom stereocenters. The molecule has 8 N–H and O–H groups in total. The summed E-state index contributed by atoms with van der Waals surface area (Å²) in [6, 6.07) is 5.08. The average molecular weight is 572 g/mol. The molecule has 16 heteroatoms. The average Bonchev–Trinajstić information content (AvgIpc) is 3.40. The Balaban J connectivity index is 0.000000304. The molecule has 1 unspecified atom stereocenters. The maximum atomic E-state index is 10.8. The summed E-state index contributed by atoms with van der Waals surface area (Å²) in [6.45, 7) is 1.84. The van der Waals surface area contributed by atoms with E-state index in [1.165, 1.54) is 29.4 Å². The molecule has 1 saturated heterocycles. The third-order valence-corrected chi connectivity index (χ3v) is 8.56. The molecule has 3 aromatic rings. The molecule has 1 fully saturated rings. The fraction of sp³-hybridized carbons (Fsp3) is 0.455. The number of aliphatic carboxylic acids is 1. The van der Waals surface area contributed by atoms with Gasteiger partial charge in [0.05, 0.1) is 17.5 Å². The molecule has 1 aliphatic heterocycles. The molecule has 0 amide bonds. The fourth-order valence-electron chi connectivity index (χ4n) is 3.68. The van der Waals surface area contributed by atoms with Crippen molar-refractivity contribution >= 4 is 44.0 Å². The lowest BCUT2D eigenvalue weighted by Gasteiger charge is -2.16. The Hall–Kier alpha value is -2.86. The summed E-state index contributed by atoms with van der Waals surface area (Å²) in [7, 11) is -4.25. The van der Waals surface area contributed by atoms with E-state index in [9.17, 15) is 23.4 Å². The van der Waals surface area contributed by atoms with Crippen molar-refractivity contribution in [2.24, 2.45) is 5.73 Å². The van der Waals surface area contributed by atoms with Gasteiger partial charge in [-0.1, -0.05) is 17.7 Å². The molecule has 0 saturated carbocycles. The molecule has 1 aliphatic rings. The van der Waals surface area contributed by atoms with Gasteiger partial charge in [-0.05, 0) is 30.0 Å². The number of nitrogen functional groups attached to an aromatic ring is 1. The van der Waals surface area contributed by atoms with Crippen LogP contribution in [-0.2, 0) is 30.5 Å². The highest BCUT2D eigenvalue weighted by Crippen LogP contribution is 2.32. The summed E-state index contributed by atoms with van der Waals surface area (Å²) in [4.78, 5) is 22.9. The molecule has 3 heterocycles. The predicted molar refractivity (Wildman–Crippen MR) is 140 cm³/mol. The number of fused-ring (bicyclic) bond motifs is 1. The van der Waals surface area contributed by atoms with Crippen LogP contribution in [0.5, 0.6) is 0 Å². The summed E-state index contributed by atoms with van der Waals surface area (Å²) in [5, 5.41) is 29.7. The van der Waals surface area contributed by atoms with Crippen molar-refractivity contribution in [1.82, 2.24) is 19.5 Å². The van der Waals surface area contributed by atoms with Gasteiger partial charge in [0.15, 0.2) is 17.7 Å². The lowest BCUT2D eigenvalue weighted by molar-refractivity contribution is -0.138. The highest BCUT2D eigenvalue weighted by molar-refractivity contribution is 7.96. The molecule has 0 bridgehead atoms.